The van der Waals surface area contributed by atoms with Crippen molar-refractivity contribution in [3.63, 3.8) is 0 Å². The Labute approximate surface area is 300 Å². The molecule has 4 bridgehead atoms. The summed E-state index contributed by atoms with van der Waals surface area (Å²) in [6.07, 6.45) is 6.80. The number of benzene rings is 6. The first-order valence-corrected chi connectivity index (χ1v) is 19.0. The van der Waals surface area contributed by atoms with E-state index in [2.05, 4.69) is 134 Å². The topological polar surface area (TPSA) is 22.4 Å². The lowest BCUT2D eigenvalue weighted by molar-refractivity contribution is 0.0826. The molecule has 0 radical (unpaired) electrons. The highest BCUT2D eigenvalue weighted by Gasteiger charge is 2.63. The van der Waals surface area contributed by atoms with E-state index in [4.69, 9.17) is 9.15 Å². The van der Waals surface area contributed by atoms with Crippen LogP contribution < -0.4 is 4.74 Å². The van der Waals surface area contributed by atoms with Gasteiger partial charge < -0.3 is 9.15 Å². The zero-order valence-corrected chi connectivity index (χ0v) is 29.4. The summed E-state index contributed by atoms with van der Waals surface area (Å²) in [6, 6.07) is 48.6. The van der Waals surface area contributed by atoms with Gasteiger partial charge in [0.2, 0.25) is 0 Å². The Morgan fingerprint density at radius 3 is 2.04 bits per heavy atom. The lowest BCUT2D eigenvalue weighted by Crippen LogP contribution is -2.53. The van der Waals surface area contributed by atoms with Crippen LogP contribution in [0.15, 0.2) is 132 Å². The number of methoxy groups -OCH3 is 1. The van der Waals surface area contributed by atoms with Crippen LogP contribution in [0.5, 0.6) is 5.75 Å². The van der Waals surface area contributed by atoms with Gasteiger partial charge in [0.05, 0.1) is 7.11 Å². The maximum Gasteiger partial charge on any atom is 0.136 e. The zero-order valence-electron chi connectivity index (χ0n) is 29.4. The normalized spacial score (nSPS) is 25.7. The third-order valence-corrected chi connectivity index (χ3v) is 13.8. The third kappa shape index (κ3) is 3.89. The molecule has 1 aromatic heterocycles. The van der Waals surface area contributed by atoms with Gasteiger partial charge in [-0.3, -0.25) is 0 Å². The highest BCUT2D eigenvalue weighted by molar-refractivity contribution is 6.10. The van der Waals surface area contributed by atoms with E-state index in [-0.39, 0.29) is 16.7 Å². The first-order chi connectivity index (χ1) is 25.1. The molecule has 11 rings (SSSR count). The van der Waals surface area contributed by atoms with Crippen LogP contribution in [0.1, 0.15) is 89.7 Å². The van der Waals surface area contributed by atoms with E-state index in [0.717, 1.165) is 49.0 Å². The number of aryl methyl sites for hydroxylation is 1. The van der Waals surface area contributed by atoms with Gasteiger partial charge in [0.25, 0.3) is 0 Å². The van der Waals surface area contributed by atoms with Crippen LogP contribution in [0.3, 0.4) is 0 Å². The second-order valence-corrected chi connectivity index (χ2v) is 16.0. The summed E-state index contributed by atoms with van der Waals surface area (Å²) in [7, 11) is 1.88. The Kier molecular flexibility index (Phi) is 6.23. The maximum absolute atomic E-state index is 6.76. The van der Waals surface area contributed by atoms with Gasteiger partial charge in [0.1, 0.15) is 16.9 Å². The molecule has 4 unspecified atom stereocenters. The Morgan fingerprint density at radius 1 is 0.569 bits per heavy atom. The van der Waals surface area contributed by atoms with Crippen LogP contribution in [0.25, 0.3) is 44.2 Å². The van der Waals surface area contributed by atoms with E-state index in [1.807, 2.05) is 7.11 Å². The first kappa shape index (κ1) is 29.6. The zero-order chi connectivity index (χ0) is 33.9. The fourth-order valence-corrected chi connectivity index (χ4v) is 12.2. The second kappa shape index (κ2) is 10.7. The second-order valence-electron chi connectivity index (χ2n) is 16.0. The molecule has 2 heteroatoms. The Morgan fingerprint density at radius 2 is 1.22 bits per heavy atom. The van der Waals surface area contributed by atoms with E-state index >= 15 is 0 Å². The summed E-state index contributed by atoms with van der Waals surface area (Å²) in [5.74, 6) is 2.07. The van der Waals surface area contributed by atoms with Gasteiger partial charge in [-0.2, -0.15) is 0 Å². The largest absolute Gasteiger partial charge is 0.496 e. The highest BCUT2D eigenvalue weighted by Crippen LogP contribution is 2.72. The maximum atomic E-state index is 6.76. The minimum absolute atomic E-state index is 0.141. The molecule has 2 nitrogen and oxygen atoms in total. The Bertz CT molecular complexity index is 2540. The summed E-state index contributed by atoms with van der Waals surface area (Å²) in [5, 5.41) is 2.61. The number of ether oxygens (including phenoxy) is 1. The van der Waals surface area contributed by atoms with Gasteiger partial charge >= 0.3 is 0 Å². The number of hydrogen-bond acceptors (Lipinski definition) is 2. The van der Waals surface area contributed by atoms with Crippen molar-refractivity contribution in [3.05, 3.63) is 161 Å². The molecule has 0 saturated heterocycles. The Balaban J connectivity index is 1.34. The molecule has 2 fully saturated rings. The van der Waals surface area contributed by atoms with Gasteiger partial charge in [-0.25, -0.2) is 0 Å². The fourth-order valence-electron chi connectivity index (χ4n) is 12.2. The Hall–Kier alpha value is -5.08. The van der Waals surface area contributed by atoms with Gasteiger partial charge in [0, 0.05) is 33.1 Å². The molecule has 2 saturated carbocycles. The summed E-state index contributed by atoms with van der Waals surface area (Å²) in [4.78, 5) is 0. The summed E-state index contributed by atoms with van der Waals surface area (Å²) in [5.41, 5.74) is 16.0. The molecule has 0 amide bonds. The lowest BCUT2D eigenvalue weighted by Gasteiger charge is -2.60. The van der Waals surface area contributed by atoms with E-state index in [1.54, 1.807) is 0 Å². The fraction of sp³-hybridized carbons (Fsp3) is 0.265. The molecule has 2 spiro atoms. The van der Waals surface area contributed by atoms with Crippen LogP contribution in [0.2, 0.25) is 0 Å². The van der Waals surface area contributed by atoms with Crippen LogP contribution in [0.4, 0.5) is 0 Å². The van der Waals surface area contributed by atoms with Crippen molar-refractivity contribution in [3.8, 4) is 28.0 Å². The van der Waals surface area contributed by atoms with Crippen LogP contribution >= 0.6 is 0 Å². The summed E-state index contributed by atoms with van der Waals surface area (Å²) >= 11 is 0. The van der Waals surface area contributed by atoms with Crippen molar-refractivity contribution in [2.75, 3.05) is 7.11 Å². The predicted octanol–water partition coefficient (Wildman–Crippen LogP) is 12.8. The van der Waals surface area contributed by atoms with Crippen LogP contribution in [0, 0.1) is 6.92 Å². The first-order valence-electron chi connectivity index (χ1n) is 19.0. The lowest BCUT2D eigenvalue weighted by atomic mass is 9.42. The van der Waals surface area contributed by atoms with Gasteiger partial charge in [-0.1, -0.05) is 116 Å². The van der Waals surface area contributed by atoms with Gasteiger partial charge in [0.15, 0.2) is 0 Å². The molecule has 4 aliphatic rings. The molecule has 0 N–H and O–H groups in total. The monoisotopic (exact) mass is 662 g/mol. The molecule has 6 aromatic carbocycles. The van der Waals surface area contributed by atoms with Gasteiger partial charge in [-0.15, -0.1) is 0 Å². The number of furan rings is 1. The van der Waals surface area contributed by atoms with Crippen LogP contribution in [-0.2, 0) is 10.8 Å². The summed E-state index contributed by atoms with van der Waals surface area (Å²) < 4.78 is 13.3. The quantitative estimate of drug-likeness (QED) is 0.188. The van der Waals surface area contributed by atoms with Crippen molar-refractivity contribution >= 4 is 21.9 Å². The molecule has 7 aromatic rings. The van der Waals surface area contributed by atoms with Gasteiger partial charge in [-0.05, 0) is 119 Å². The smallest absolute Gasteiger partial charge is 0.136 e. The number of hydrogen-bond donors (Lipinski definition) is 0. The molecule has 1 heterocycles. The molecule has 250 valence electrons. The predicted molar refractivity (Wildman–Crippen MR) is 208 cm³/mol. The molecule has 5 atom stereocenters. The van der Waals surface area contributed by atoms with E-state index in [1.165, 1.54) is 72.8 Å². The number of rotatable bonds is 3. The average molecular weight is 663 g/mol. The standard InChI is InChI=1S/C49H42O2/c1-30-13-3-4-15-33(30)36-17-7-8-20-39(36)47-48-26-12-14-31-27-49(47,40-22-10-9-19-38(40)37-18-6-5-16-34(31)37)29-32(28-48)35-21-11-23-41-44(35)45-42(51-41)24-25-43(50-2)46(45)48/h3-11,13,15-25,31-32,47H,12,14,26-29H2,1-2H3/t31?,32?,47-,48?,49?/m0/s1. The average Bonchev–Trinajstić information content (AvgIpc) is 3.46. The molecule has 0 aliphatic heterocycles. The van der Waals surface area contributed by atoms with E-state index in [0.29, 0.717) is 11.8 Å². The molecule has 4 aliphatic carbocycles. The van der Waals surface area contributed by atoms with Crippen molar-refractivity contribution in [2.45, 2.75) is 74.0 Å². The van der Waals surface area contributed by atoms with Crippen LogP contribution in [-0.4, -0.2) is 7.11 Å². The van der Waals surface area contributed by atoms with E-state index in [9.17, 15) is 0 Å². The molecular formula is C49H42O2. The molecule has 51 heavy (non-hydrogen) atoms. The van der Waals surface area contributed by atoms with E-state index < -0.39 is 0 Å². The third-order valence-electron chi connectivity index (χ3n) is 13.8. The van der Waals surface area contributed by atoms with Crippen molar-refractivity contribution in [1.29, 1.82) is 0 Å². The summed E-state index contributed by atoms with van der Waals surface area (Å²) in [6.45, 7) is 2.28. The minimum atomic E-state index is -0.197. The number of fused-ring (bicyclic) bond motifs is 7. The van der Waals surface area contributed by atoms with Crippen molar-refractivity contribution in [2.24, 2.45) is 0 Å². The molecular weight excluding hydrogens is 621 g/mol. The van der Waals surface area contributed by atoms with Crippen molar-refractivity contribution < 1.29 is 9.15 Å². The minimum Gasteiger partial charge on any atom is -0.496 e. The van der Waals surface area contributed by atoms with Crippen molar-refractivity contribution in [1.82, 2.24) is 0 Å². The SMILES string of the molecule is COc1ccc2oc3cccc4c3c2c1C12CCCC3CC(CC4C1)(c1ccccc1-c1ccccc13)[C@H]2c1ccccc1-c1ccccc1C. The highest BCUT2D eigenvalue weighted by atomic mass is 16.5.